The number of thiocarbonyl (C=S) groups is 1. The minimum Gasteiger partial charge on any atom is -0.497 e. The topological polar surface area (TPSA) is 50.8 Å². The lowest BCUT2D eigenvalue weighted by Gasteiger charge is -2.38. The zero-order valence-electron chi connectivity index (χ0n) is 16.2. The highest BCUT2D eigenvalue weighted by Gasteiger charge is 2.36. The van der Waals surface area contributed by atoms with Crippen LogP contribution in [-0.2, 0) is 9.53 Å². The lowest BCUT2D eigenvalue weighted by molar-refractivity contribution is -0.136. The van der Waals surface area contributed by atoms with Gasteiger partial charge < -0.3 is 14.8 Å². The smallest absolute Gasteiger partial charge is 0.337 e. The molecule has 5 nitrogen and oxygen atoms in total. The first-order valence-corrected chi connectivity index (χ1v) is 9.33. The first kappa shape index (κ1) is 20.7. The van der Waals surface area contributed by atoms with Crippen molar-refractivity contribution in [1.29, 1.82) is 0 Å². The number of hydrogen-bond donors (Lipinski definition) is 1. The number of rotatable bonds is 5. The molecule has 1 atom stereocenters. The van der Waals surface area contributed by atoms with Crippen LogP contribution < -0.4 is 15.0 Å². The van der Waals surface area contributed by atoms with E-state index in [1.165, 1.54) is 13.2 Å². The molecule has 0 radical (unpaired) electrons. The minimum absolute atomic E-state index is 0.283. The van der Waals surface area contributed by atoms with Gasteiger partial charge in [0.15, 0.2) is 16.7 Å². The van der Waals surface area contributed by atoms with Gasteiger partial charge >= 0.3 is 5.97 Å². The molecule has 0 aliphatic carbocycles. The van der Waals surface area contributed by atoms with E-state index in [9.17, 15) is 13.6 Å². The van der Waals surface area contributed by atoms with Crippen molar-refractivity contribution in [3.8, 4) is 5.75 Å². The van der Waals surface area contributed by atoms with Crippen LogP contribution in [0.1, 0.15) is 24.9 Å². The second kappa shape index (κ2) is 8.57. The highest BCUT2D eigenvalue weighted by atomic mass is 32.1. The quantitative estimate of drug-likeness (QED) is 0.579. The molecule has 0 fully saturated rings. The van der Waals surface area contributed by atoms with Gasteiger partial charge in [0.1, 0.15) is 5.75 Å². The van der Waals surface area contributed by atoms with Crippen LogP contribution in [0.25, 0.3) is 0 Å². The molecule has 0 bridgehead atoms. The summed E-state index contributed by atoms with van der Waals surface area (Å²) in [6.45, 7) is 1.88. The van der Waals surface area contributed by atoms with E-state index >= 15 is 0 Å². The Balaban J connectivity index is 2.16. The number of benzene rings is 2. The lowest BCUT2D eigenvalue weighted by atomic mass is 9.93. The van der Waals surface area contributed by atoms with Gasteiger partial charge in [0.2, 0.25) is 0 Å². The first-order valence-electron chi connectivity index (χ1n) is 8.92. The minimum atomic E-state index is -1.00. The Kier molecular flexibility index (Phi) is 6.12. The number of carbonyl (C=O) groups is 1. The average molecular weight is 418 g/mol. The van der Waals surface area contributed by atoms with E-state index < -0.39 is 23.6 Å². The molecule has 0 amide bonds. The number of allylic oxidation sites excluding steroid dienone is 1. The average Bonchev–Trinajstić information content (AvgIpc) is 2.74. The lowest BCUT2D eigenvalue weighted by Crippen LogP contribution is -2.48. The number of halogens is 2. The van der Waals surface area contributed by atoms with Gasteiger partial charge in [-0.25, -0.2) is 13.6 Å². The summed E-state index contributed by atoms with van der Waals surface area (Å²) in [6.07, 6.45) is 0.457. The van der Waals surface area contributed by atoms with E-state index in [0.29, 0.717) is 28.5 Å². The third-order valence-electron chi connectivity index (χ3n) is 4.69. The number of esters is 1. The number of anilines is 1. The summed E-state index contributed by atoms with van der Waals surface area (Å²) in [6, 6.07) is 9.91. The number of nitrogens with one attached hydrogen (secondary N) is 1. The SMILES string of the molecule is CCC1=C(C(=O)OC)[C@H](c2ccc(F)c(F)c2)NC(=S)N1c1ccc(OC)cc1. The van der Waals surface area contributed by atoms with Crippen LogP contribution in [0.5, 0.6) is 5.75 Å². The maximum atomic E-state index is 13.8. The number of nitrogens with zero attached hydrogens (tertiary/aromatic N) is 1. The first-order chi connectivity index (χ1) is 13.9. The normalized spacial score (nSPS) is 16.5. The van der Waals surface area contributed by atoms with Crippen LogP contribution in [0.4, 0.5) is 14.5 Å². The van der Waals surface area contributed by atoms with Crippen LogP contribution in [0.15, 0.2) is 53.7 Å². The molecule has 1 heterocycles. The molecule has 29 heavy (non-hydrogen) atoms. The summed E-state index contributed by atoms with van der Waals surface area (Å²) >= 11 is 5.55. The Morgan fingerprint density at radius 3 is 2.38 bits per heavy atom. The van der Waals surface area contributed by atoms with Crippen molar-refractivity contribution in [2.75, 3.05) is 19.1 Å². The summed E-state index contributed by atoms with van der Waals surface area (Å²) in [5.74, 6) is -1.87. The van der Waals surface area contributed by atoms with Gasteiger partial charge in [-0.1, -0.05) is 13.0 Å². The van der Waals surface area contributed by atoms with Gasteiger partial charge in [0.25, 0.3) is 0 Å². The maximum absolute atomic E-state index is 13.8. The summed E-state index contributed by atoms with van der Waals surface area (Å²) in [5.41, 5.74) is 1.99. The Morgan fingerprint density at radius 2 is 1.83 bits per heavy atom. The summed E-state index contributed by atoms with van der Waals surface area (Å²) in [5, 5.41) is 3.39. The fraction of sp³-hybridized carbons (Fsp3) is 0.238. The Morgan fingerprint density at radius 1 is 1.14 bits per heavy atom. The third-order valence-corrected chi connectivity index (χ3v) is 4.99. The van der Waals surface area contributed by atoms with Crippen molar-refractivity contribution in [3.05, 3.63) is 70.9 Å². The van der Waals surface area contributed by atoms with Gasteiger partial charge in [0.05, 0.1) is 25.8 Å². The second-order valence-corrected chi connectivity index (χ2v) is 6.68. The molecule has 152 valence electrons. The fourth-order valence-electron chi connectivity index (χ4n) is 3.31. The largest absolute Gasteiger partial charge is 0.497 e. The highest BCUT2D eigenvalue weighted by Crippen LogP contribution is 2.36. The summed E-state index contributed by atoms with van der Waals surface area (Å²) < 4.78 is 37.4. The van der Waals surface area contributed by atoms with Crippen LogP contribution in [-0.4, -0.2) is 25.3 Å². The molecular formula is C21H20F2N2O3S. The van der Waals surface area contributed by atoms with E-state index in [0.717, 1.165) is 17.8 Å². The molecule has 8 heteroatoms. The van der Waals surface area contributed by atoms with E-state index in [2.05, 4.69) is 5.32 Å². The van der Waals surface area contributed by atoms with Gasteiger partial charge in [0, 0.05) is 11.4 Å². The van der Waals surface area contributed by atoms with E-state index in [4.69, 9.17) is 21.7 Å². The molecule has 1 aliphatic rings. The molecule has 0 spiro atoms. The third kappa shape index (κ3) is 3.93. The maximum Gasteiger partial charge on any atom is 0.337 e. The number of carbonyl (C=O) groups excluding carboxylic acids is 1. The summed E-state index contributed by atoms with van der Waals surface area (Å²) in [4.78, 5) is 14.4. The molecular weight excluding hydrogens is 398 g/mol. The van der Waals surface area contributed by atoms with E-state index in [-0.39, 0.29) is 5.57 Å². The Labute approximate surface area is 172 Å². The van der Waals surface area contributed by atoms with E-state index in [1.54, 1.807) is 24.1 Å². The van der Waals surface area contributed by atoms with Crippen LogP contribution in [0, 0.1) is 11.6 Å². The monoisotopic (exact) mass is 418 g/mol. The van der Waals surface area contributed by atoms with Crippen molar-refractivity contribution in [1.82, 2.24) is 5.32 Å². The fourth-order valence-corrected chi connectivity index (χ4v) is 3.64. The van der Waals surface area contributed by atoms with Crippen molar-refractivity contribution in [2.45, 2.75) is 19.4 Å². The molecule has 2 aromatic carbocycles. The van der Waals surface area contributed by atoms with Gasteiger partial charge in [-0.05, 0) is 60.6 Å². The molecule has 1 N–H and O–H groups in total. The zero-order chi connectivity index (χ0) is 21.1. The predicted molar refractivity (Wildman–Crippen MR) is 110 cm³/mol. The summed E-state index contributed by atoms with van der Waals surface area (Å²) in [7, 11) is 2.84. The predicted octanol–water partition coefficient (Wildman–Crippen LogP) is 4.25. The zero-order valence-corrected chi connectivity index (χ0v) is 17.0. The van der Waals surface area contributed by atoms with Crippen molar-refractivity contribution < 1.29 is 23.0 Å². The van der Waals surface area contributed by atoms with Crippen LogP contribution >= 0.6 is 12.2 Å². The van der Waals surface area contributed by atoms with Gasteiger partial charge in [-0.15, -0.1) is 0 Å². The molecule has 0 saturated heterocycles. The Bertz CT molecular complexity index is 976. The van der Waals surface area contributed by atoms with Gasteiger partial charge in [-0.3, -0.25) is 4.90 Å². The van der Waals surface area contributed by atoms with Gasteiger partial charge in [-0.2, -0.15) is 0 Å². The van der Waals surface area contributed by atoms with Crippen LogP contribution in [0.3, 0.4) is 0 Å². The molecule has 1 aliphatic heterocycles. The number of ether oxygens (including phenoxy) is 2. The van der Waals surface area contributed by atoms with Crippen molar-refractivity contribution >= 4 is 29.0 Å². The molecule has 0 aromatic heterocycles. The molecule has 0 unspecified atom stereocenters. The Hall–Kier alpha value is -3.00. The van der Waals surface area contributed by atoms with Crippen molar-refractivity contribution in [3.63, 3.8) is 0 Å². The number of hydrogen-bond acceptors (Lipinski definition) is 4. The highest BCUT2D eigenvalue weighted by molar-refractivity contribution is 7.80. The van der Waals surface area contributed by atoms with E-state index in [1.807, 2.05) is 19.1 Å². The van der Waals surface area contributed by atoms with Crippen molar-refractivity contribution in [2.24, 2.45) is 0 Å². The molecule has 0 saturated carbocycles. The molecule has 3 rings (SSSR count). The molecule has 2 aromatic rings. The van der Waals surface area contributed by atoms with Crippen LogP contribution in [0.2, 0.25) is 0 Å². The second-order valence-electron chi connectivity index (χ2n) is 6.29. The standard InChI is InChI=1S/C21H20F2N2O3S/c1-4-17-18(20(26)28-3)19(12-5-10-15(22)16(23)11-12)24-21(29)25(17)13-6-8-14(27-2)9-7-13/h5-11,19H,4H2,1-3H3,(H,24,29)/t19-/m0/s1. The number of methoxy groups -OCH3 is 2.